The SMILES string of the molecule is C1=NCc2cccc3cc(-c4cccc(-c5cc6c7c(cc(-c8ccccc8)cc7c5)CN=C6)c4)cc1c23. The summed E-state index contributed by atoms with van der Waals surface area (Å²) in [5, 5.41) is 5.20. The van der Waals surface area contributed by atoms with Crippen LogP contribution in [0.15, 0.2) is 119 Å². The van der Waals surface area contributed by atoms with Gasteiger partial charge in [0.2, 0.25) is 0 Å². The van der Waals surface area contributed by atoms with E-state index in [1.54, 1.807) is 0 Å². The summed E-state index contributed by atoms with van der Waals surface area (Å²) in [6.45, 7) is 1.49. The van der Waals surface area contributed by atoms with Crippen LogP contribution in [0.25, 0.3) is 54.9 Å². The third-order valence-electron chi connectivity index (χ3n) is 7.88. The average molecular weight is 485 g/mol. The maximum atomic E-state index is 4.70. The minimum Gasteiger partial charge on any atom is -0.288 e. The molecule has 2 heterocycles. The Morgan fingerprint density at radius 2 is 0.974 bits per heavy atom. The summed E-state index contributed by atoms with van der Waals surface area (Å²) < 4.78 is 0. The zero-order valence-corrected chi connectivity index (χ0v) is 20.9. The van der Waals surface area contributed by atoms with Crippen molar-refractivity contribution >= 4 is 34.0 Å². The van der Waals surface area contributed by atoms with Gasteiger partial charge in [-0.25, -0.2) is 0 Å². The molecule has 0 aromatic heterocycles. The van der Waals surface area contributed by atoms with Gasteiger partial charge in [0.1, 0.15) is 0 Å². The van der Waals surface area contributed by atoms with Gasteiger partial charge in [0, 0.05) is 23.6 Å². The largest absolute Gasteiger partial charge is 0.288 e. The normalized spacial score (nSPS) is 13.4. The highest BCUT2D eigenvalue weighted by Crippen LogP contribution is 2.37. The first-order valence-corrected chi connectivity index (χ1v) is 13.1. The fraction of sp³-hybridized carbons (Fsp3) is 0.0556. The lowest BCUT2D eigenvalue weighted by Crippen LogP contribution is -1.99. The Kier molecular flexibility index (Phi) is 4.68. The first-order chi connectivity index (χ1) is 18.8. The molecular weight excluding hydrogens is 460 g/mol. The van der Waals surface area contributed by atoms with E-state index in [1.165, 1.54) is 77.2 Å². The molecule has 0 bridgehead atoms. The third-order valence-corrected chi connectivity index (χ3v) is 7.88. The van der Waals surface area contributed by atoms with E-state index >= 15 is 0 Å². The molecule has 178 valence electrons. The van der Waals surface area contributed by atoms with Gasteiger partial charge in [0.05, 0.1) is 13.1 Å². The van der Waals surface area contributed by atoms with Crippen molar-refractivity contribution in [1.82, 2.24) is 0 Å². The van der Waals surface area contributed by atoms with Crippen molar-refractivity contribution in [3.05, 3.63) is 131 Å². The molecule has 0 amide bonds. The van der Waals surface area contributed by atoms with Gasteiger partial charge in [-0.1, -0.05) is 66.7 Å². The van der Waals surface area contributed by atoms with Crippen molar-refractivity contribution < 1.29 is 0 Å². The third kappa shape index (κ3) is 3.42. The highest BCUT2D eigenvalue weighted by atomic mass is 14.7. The van der Waals surface area contributed by atoms with E-state index in [2.05, 4.69) is 114 Å². The van der Waals surface area contributed by atoms with Crippen molar-refractivity contribution in [3.8, 4) is 33.4 Å². The van der Waals surface area contributed by atoms with Gasteiger partial charge in [0.25, 0.3) is 0 Å². The van der Waals surface area contributed by atoms with Crippen LogP contribution in [0.3, 0.4) is 0 Å². The highest BCUT2D eigenvalue weighted by Gasteiger charge is 2.15. The molecule has 38 heavy (non-hydrogen) atoms. The van der Waals surface area contributed by atoms with Gasteiger partial charge in [-0.3, -0.25) is 9.98 Å². The topological polar surface area (TPSA) is 24.7 Å². The van der Waals surface area contributed by atoms with Gasteiger partial charge in [-0.2, -0.15) is 0 Å². The number of benzene rings is 6. The monoisotopic (exact) mass is 484 g/mol. The molecule has 2 aliphatic rings. The molecule has 0 spiro atoms. The Balaban J connectivity index is 1.28. The lowest BCUT2D eigenvalue weighted by molar-refractivity contribution is 1.08. The van der Waals surface area contributed by atoms with Crippen LogP contribution in [-0.4, -0.2) is 12.4 Å². The van der Waals surface area contributed by atoms with Gasteiger partial charge in [0.15, 0.2) is 0 Å². The van der Waals surface area contributed by atoms with E-state index < -0.39 is 0 Å². The van der Waals surface area contributed by atoms with Gasteiger partial charge < -0.3 is 0 Å². The summed E-state index contributed by atoms with van der Waals surface area (Å²) in [5.41, 5.74) is 12.3. The maximum Gasteiger partial charge on any atom is 0.0646 e. The molecular formula is C36H24N2. The first-order valence-electron chi connectivity index (χ1n) is 13.1. The molecule has 0 aliphatic carbocycles. The molecule has 0 fully saturated rings. The molecule has 2 nitrogen and oxygen atoms in total. The highest BCUT2D eigenvalue weighted by molar-refractivity contribution is 6.07. The van der Waals surface area contributed by atoms with Crippen molar-refractivity contribution in [3.63, 3.8) is 0 Å². The van der Waals surface area contributed by atoms with Crippen LogP contribution < -0.4 is 0 Å². The predicted molar refractivity (Wildman–Crippen MR) is 160 cm³/mol. The number of hydrogen-bond donors (Lipinski definition) is 0. The zero-order valence-electron chi connectivity index (χ0n) is 20.9. The summed E-state index contributed by atoms with van der Waals surface area (Å²) in [6.07, 6.45) is 4.06. The van der Waals surface area contributed by atoms with E-state index in [-0.39, 0.29) is 0 Å². The molecule has 0 unspecified atom stereocenters. The number of hydrogen-bond acceptors (Lipinski definition) is 2. The van der Waals surface area contributed by atoms with E-state index in [9.17, 15) is 0 Å². The molecule has 0 saturated heterocycles. The quantitative estimate of drug-likeness (QED) is 0.240. The second kappa shape index (κ2) is 8.36. The second-order valence-electron chi connectivity index (χ2n) is 10.3. The maximum absolute atomic E-state index is 4.70. The van der Waals surface area contributed by atoms with Crippen LogP contribution in [0.5, 0.6) is 0 Å². The van der Waals surface area contributed by atoms with Crippen molar-refractivity contribution in [2.75, 3.05) is 0 Å². The van der Waals surface area contributed by atoms with Crippen molar-refractivity contribution in [1.29, 1.82) is 0 Å². The minimum absolute atomic E-state index is 0.730. The van der Waals surface area contributed by atoms with Crippen LogP contribution >= 0.6 is 0 Å². The van der Waals surface area contributed by atoms with Crippen LogP contribution in [0.1, 0.15) is 22.3 Å². The fourth-order valence-corrected chi connectivity index (χ4v) is 6.14. The van der Waals surface area contributed by atoms with E-state index in [0.717, 1.165) is 13.1 Å². The molecule has 6 aromatic carbocycles. The Bertz CT molecular complexity index is 1960. The average Bonchev–Trinajstić information content (AvgIpc) is 2.98. The molecule has 6 aromatic rings. The predicted octanol–water partition coefficient (Wildman–Crippen LogP) is 8.86. The summed E-state index contributed by atoms with van der Waals surface area (Å²) in [7, 11) is 0. The van der Waals surface area contributed by atoms with Crippen LogP contribution in [0.2, 0.25) is 0 Å². The smallest absolute Gasteiger partial charge is 0.0646 e. The standard InChI is InChI=1S/C36H24N2/c1-2-6-23(7-3-1)28-14-31-15-30(18-34-22-38-21-33(16-28)36(31)34)25-9-4-8-24(12-25)29-13-26-10-5-11-27-19-37-20-32(17-29)35(26)27/h1-18,20,22H,19,21H2. The van der Waals surface area contributed by atoms with Gasteiger partial charge in [-0.15, -0.1) is 0 Å². The molecule has 2 heteroatoms. The second-order valence-corrected chi connectivity index (χ2v) is 10.3. The Morgan fingerprint density at radius 3 is 1.71 bits per heavy atom. The van der Waals surface area contributed by atoms with Gasteiger partial charge in [-0.05, 0) is 109 Å². The molecule has 0 atom stereocenters. The summed E-state index contributed by atoms with van der Waals surface area (Å²) in [6, 6.07) is 39.9. The Morgan fingerprint density at radius 1 is 0.395 bits per heavy atom. The minimum atomic E-state index is 0.730. The number of nitrogens with zero attached hydrogens (tertiary/aromatic N) is 2. The summed E-state index contributed by atoms with van der Waals surface area (Å²) in [5.74, 6) is 0. The molecule has 2 aliphatic heterocycles. The van der Waals surface area contributed by atoms with Crippen molar-refractivity contribution in [2.24, 2.45) is 9.98 Å². The molecule has 0 radical (unpaired) electrons. The van der Waals surface area contributed by atoms with E-state index in [1.807, 2.05) is 12.4 Å². The van der Waals surface area contributed by atoms with E-state index in [4.69, 9.17) is 4.99 Å². The molecule has 0 saturated carbocycles. The molecule has 0 N–H and O–H groups in total. The van der Waals surface area contributed by atoms with Crippen molar-refractivity contribution in [2.45, 2.75) is 13.1 Å². The fourth-order valence-electron chi connectivity index (χ4n) is 6.14. The van der Waals surface area contributed by atoms with E-state index in [0.29, 0.717) is 0 Å². The summed E-state index contributed by atoms with van der Waals surface area (Å²) in [4.78, 5) is 9.30. The number of rotatable bonds is 3. The lowest BCUT2D eigenvalue weighted by Gasteiger charge is -2.17. The van der Waals surface area contributed by atoms with Crippen LogP contribution in [0, 0.1) is 0 Å². The first kappa shape index (κ1) is 21.3. The molecule has 8 rings (SSSR count). The Labute approximate surface area is 221 Å². The van der Waals surface area contributed by atoms with Gasteiger partial charge >= 0.3 is 0 Å². The Hall–Kier alpha value is -4.82. The van der Waals surface area contributed by atoms with Crippen LogP contribution in [0.4, 0.5) is 0 Å². The zero-order chi connectivity index (χ0) is 25.1. The van der Waals surface area contributed by atoms with Crippen LogP contribution in [-0.2, 0) is 13.1 Å². The number of aliphatic imine (C=N–C) groups is 2. The summed E-state index contributed by atoms with van der Waals surface area (Å²) >= 11 is 0. The lowest BCUT2D eigenvalue weighted by atomic mass is 9.89.